The molecule has 0 aliphatic heterocycles. The van der Waals surface area contributed by atoms with Crippen LogP contribution in [0.2, 0.25) is 0 Å². The molecular formula is C19H33IN4O2. The third-order valence-electron chi connectivity index (χ3n) is 4.31. The van der Waals surface area contributed by atoms with Crippen LogP contribution in [0.15, 0.2) is 23.3 Å². The molecule has 0 saturated heterocycles. The van der Waals surface area contributed by atoms with Crippen LogP contribution in [0.5, 0.6) is 5.88 Å². The minimum atomic E-state index is 0. The molecule has 0 aromatic carbocycles. The zero-order valence-electron chi connectivity index (χ0n) is 16.0. The second-order valence-electron chi connectivity index (χ2n) is 6.25. The summed E-state index contributed by atoms with van der Waals surface area (Å²) >= 11 is 0. The maximum atomic E-state index is 6.08. The fourth-order valence-electron chi connectivity index (χ4n) is 2.91. The predicted octanol–water partition coefficient (Wildman–Crippen LogP) is 3.50. The number of guanidine groups is 1. The van der Waals surface area contributed by atoms with Crippen LogP contribution in [-0.2, 0) is 11.3 Å². The predicted molar refractivity (Wildman–Crippen MR) is 116 cm³/mol. The molecule has 6 nitrogen and oxygen atoms in total. The smallest absolute Gasteiger partial charge is 0.218 e. The second kappa shape index (κ2) is 14.0. The average molecular weight is 476 g/mol. The van der Waals surface area contributed by atoms with Crippen molar-refractivity contribution in [3.05, 3.63) is 23.9 Å². The van der Waals surface area contributed by atoms with Crippen molar-refractivity contribution < 1.29 is 9.47 Å². The minimum absolute atomic E-state index is 0. The van der Waals surface area contributed by atoms with Gasteiger partial charge in [0.05, 0.1) is 0 Å². The standard InChI is InChI=1S/C19H32N4O2.HI/c1-3-24-14-7-6-12-22-19(20-2)23-15-16-9-8-13-21-18(16)25-17-10-4-5-11-17;/h8-9,13,17H,3-7,10-12,14-15H2,1-2H3,(H2,20,22,23);1H. The fraction of sp³-hybridized carbons (Fsp3) is 0.684. The first-order chi connectivity index (χ1) is 12.3. The number of hydrogen-bond acceptors (Lipinski definition) is 4. The normalized spacial score (nSPS) is 14.8. The molecule has 1 saturated carbocycles. The number of rotatable bonds is 10. The Kier molecular flexibility index (Phi) is 12.4. The van der Waals surface area contributed by atoms with E-state index in [1.807, 2.05) is 13.0 Å². The number of pyridine rings is 1. The molecule has 7 heteroatoms. The van der Waals surface area contributed by atoms with Gasteiger partial charge in [-0.3, -0.25) is 4.99 Å². The van der Waals surface area contributed by atoms with Gasteiger partial charge in [-0.05, 0) is 51.5 Å². The van der Waals surface area contributed by atoms with Gasteiger partial charge < -0.3 is 20.1 Å². The van der Waals surface area contributed by atoms with E-state index in [1.165, 1.54) is 12.8 Å². The van der Waals surface area contributed by atoms with Gasteiger partial charge in [-0.1, -0.05) is 6.07 Å². The summed E-state index contributed by atoms with van der Waals surface area (Å²) in [5.74, 6) is 1.54. The molecule has 0 bridgehead atoms. The van der Waals surface area contributed by atoms with Crippen molar-refractivity contribution in [2.24, 2.45) is 4.99 Å². The van der Waals surface area contributed by atoms with Crippen molar-refractivity contribution >= 4 is 29.9 Å². The van der Waals surface area contributed by atoms with Gasteiger partial charge >= 0.3 is 0 Å². The van der Waals surface area contributed by atoms with Gasteiger partial charge in [0.1, 0.15) is 6.10 Å². The molecule has 0 atom stereocenters. The van der Waals surface area contributed by atoms with Crippen LogP contribution >= 0.6 is 24.0 Å². The lowest BCUT2D eigenvalue weighted by Gasteiger charge is -2.16. The molecule has 0 spiro atoms. The van der Waals surface area contributed by atoms with Crippen LogP contribution < -0.4 is 15.4 Å². The van der Waals surface area contributed by atoms with Crippen molar-refractivity contribution in [2.75, 3.05) is 26.8 Å². The molecule has 1 aromatic heterocycles. The summed E-state index contributed by atoms with van der Waals surface area (Å²) in [6.45, 7) is 5.15. The summed E-state index contributed by atoms with van der Waals surface area (Å²) in [6, 6.07) is 4.00. The largest absolute Gasteiger partial charge is 0.474 e. The third-order valence-corrected chi connectivity index (χ3v) is 4.31. The number of nitrogens with zero attached hydrogens (tertiary/aromatic N) is 2. The fourth-order valence-corrected chi connectivity index (χ4v) is 2.91. The van der Waals surface area contributed by atoms with E-state index in [9.17, 15) is 0 Å². The maximum Gasteiger partial charge on any atom is 0.218 e. The van der Waals surface area contributed by atoms with Crippen LogP contribution in [0.1, 0.15) is 51.0 Å². The average Bonchev–Trinajstić information content (AvgIpc) is 3.15. The van der Waals surface area contributed by atoms with E-state index in [-0.39, 0.29) is 24.0 Å². The molecule has 26 heavy (non-hydrogen) atoms. The lowest BCUT2D eigenvalue weighted by Crippen LogP contribution is -2.37. The van der Waals surface area contributed by atoms with Crippen LogP contribution in [0.25, 0.3) is 0 Å². The number of aromatic nitrogens is 1. The monoisotopic (exact) mass is 476 g/mol. The van der Waals surface area contributed by atoms with Crippen molar-refractivity contribution in [3.8, 4) is 5.88 Å². The van der Waals surface area contributed by atoms with E-state index < -0.39 is 0 Å². The molecule has 2 N–H and O–H groups in total. The van der Waals surface area contributed by atoms with Crippen LogP contribution in [0.4, 0.5) is 0 Å². The van der Waals surface area contributed by atoms with Gasteiger partial charge in [0, 0.05) is 45.1 Å². The van der Waals surface area contributed by atoms with E-state index in [4.69, 9.17) is 9.47 Å². The van der Waals surface area contributed by atoms with E-state index in [0.29, 0.717) is 12.6 Å². The first-order valence-corrected chi connectivity index (χ1v) is 9.46. The summed E-state index contributed by atoms with van der Waals surface area (Å²) in [5.41, 5.74) is 1.06. The molecule has 1 aliphatic carbocycles. The van der Waals surface area contributed by atoms with Gasteiger partial charge in [-0.2, -0.15) is 0 Å². The molecular weight excluding hydrogens is 443 g/mol. The van der Waals surface area contributed by atoms with Gasteiger partial charge in [-0.15, -0.1) is 24.0 Å². The number of nitrogens with one attached hydrogen (secondary N) is 2. The maximum absolute atomic E-state index is 6.08. The highest BCUT2D eigenvalue weighted by Crippen LogP contribution is 2.24. The van der Waals surface area contributed by atoms with Gasteiger partial charge in [0.15, 0.2) is 5.96 Å². The van der Waals surface area contributed by atoms with Crippen molar-refractivity contribution in [1.82, 2.24) is 15.6 Å². The van der Waals surface area contributed by atoms with E-state index >= 15 is 0 Å². The molecule has 0 radical (unpaired) electrons. The highest BCUT2D eigenvalue weighted by Gasteiger charge is 2.18. The Labute approximate surface area is 174 Å². The first kappa shape index (κ1) is 23.0. The third kappa shape index (κ3) is 8.53. The van der Waals surface area contributed by atoms with Crippen molar-refractivity contribution in [1.29, 1.82) is 0 Å². The Morgan fingerprint density at radius 1 is 1.27 bits per heavy atom. The molecule has 1 aromatic rings. The highest BCUT2D eigenvalue weighted by molar-refractivity contribution is 14.0. The summed E-state index contributed by atoms with van der Waals surface area (Å²) in [7, 11) is 1.79. The summed E-state index contributed by atoms with van der Waals surface area (Å²) < 4.78 is 11.4. The zero-order chi connectivity index (χ0) is 17.7. The SMILES string of the molecule is CCOCCCCNC(=NC)NCc1cccnc1OC1CCCC1.I. The number of ether oxygens (including phenoxy) is 2. The molecule has 1 fully saturated rings. The Morgan fingerprint density at radius 3 is 2.81 bits per heavy atom. The van der Waals surface area contributed by atoms with E-state index in [1.54, 1.807) is 13.2 Å². The Morgan fingerprint density at radius 2 is 2.08 bits per heavy atom. The van der Waals surface area contributed by atoms with Gasteiger partial charge in [0.2, 0.25) is 5.88 Å². The molecule has 148 valence electrons. The Balaban J connectivity index is 0.00000338. The minimum Gasteiger partial charge on any atom is -0.474 e. The summed E-state index contributed by atoms with van der Waals surface area (Å²) in [5, 5.41) is 6.67. The van der Waals surface area contributed by atoms with Crippen LogP contribution in [0.3, 0.4) is 0 Å². The lowest BCUT2D eigenvalue weighted by atomic mass is 10.2. The quantitative estimate of drug-likeness (QED) is 0.234. The topological polar surface area (TPSA) is 67.8 Å². The van der Waals surface area contributed by atoms with Crippen LogP contribution in [0, 0.1) is 0 Å². The summed E-state index contributed by atoms with van der Waals surface area (Å²) in [4.78, 5) is 8.69. The van der Waals surface area contributed by atoms with E-state index in [2.05, 4.69) is 26.7 Å². The van der Waals surface area contributed by atoms with Crippen molar-refractivity contribution in [3.63, 3.8) is 0 Å². The molecule has 0 unspecified atom stereocenters. The number of halogens is 1. The first-order valence-electron chi connectivity index (χ1n) is 9.46. The summed E-state index contributed by atoms with van der Waals surface area (Å²) in [6.07, 6.45) is 9.00. The molecule has 2 rings (SSSR count). The van der Waals surface area contributed by atoms with Crippen molar-refractivity contribution in [2.45, 2.75) is 58.1 Å². The number of hydrogen-bond donors (Lipinski definition) is 2. The molecule has 0 amide bonds. The van der Waals surface area contributed by atoms with E-state index in [0.717, 1.165) is 62.8 Å². The number of aliphatic imine (C=N–C) groups is 1. The number of unbranched alkanes of at least 4 members (excludes halogenated alkanes) is 1. The second-order valence-corrected chi connectivity index (χ2v) is 6.25. The van der Waals surface area contributed by atoms with Crippen LogP contribution in [-0.4, -0.2) is 43.9 Å². The molecule has 1 heterocycles. The highest BCUT2D eigenvalue weighted by atomic mass is 127. The molecule has 1 aliphatic rings. The zero-order valence-corrected chi connectivity index (χ0v) is 18.3. The van der Waals surface area contributed by atoms with Gasteiger partial charge in [0.25, 0.3) is 0 Å². The Bertz CT molecular complexity index is 522. The van der Waals surface area contributed by atoms with Gasteiger partial charge in [-0.25, -0.2) is 4.98 Å². The Hall–Kier alpha value is -1.09. The lowest BCUT2D eigenvalue weighted by molar-refractivity contribution is 0.143.